The van der Waals surface area contributed by atoms with Gasteiger partial charge >= 0.3 is 6.09 Å². The highest BCUT2D eigenvalue weighted by Crippen LogP contribution is 2.37. The van der Waals surface area contributed by atoms with Crippen LogP contribution in [0.5, 0.6) is 23.0 Å². The van der Waals surface area contributed by atoms with Gasteiger partial charge in [0.1, 0.15) is 28.3 Å². The van der Waals surface area contributed by atoms with E-state index in [-0.39, 0.29) is 17.2 Å². The van der Waals surface area contributed by atoms with E-state index in [4.69, 9.17) is 65.4 Å². The summed E-state index contributed by atoms with van der Waals surface area (Å²) in [5, 5.41) is 0.700. The van der Waals surface area contributed by atoms with Gasteiger partial charge in [-0.1, -0.05) is 60.3 Å². The molecule has 1 amide bonds. The van der Waals surface area contributed by atoms with Gasteiger partial charge in [0.2, 0.25) is 0 Å². The van der Waals surface area contributed by atoms with Gasteiger partial charge in [-0.05, 0) is 56.0 Å². The highest BCUT2D eigenvalue weighted by atomic mass is 35.5. The zero-order chi connectivity index (χ0) is 26.3. The number of carbonyl (C=O) groups is 1. The third-order valence-corrected chi connectivity index (χ3v) is 5.66. The lowest BCUT2D eigenvalue weighted by Crippen LogP contribution is -2.34. The molecule has 0 aliphatic rings. The van der Waals surface area contributed by atoms with Gasteiger partial charge < -0.3 is 23.8 Å². The Bertz CT molecular complexity index is 952. The summed E-state index contributed by atoms with van der Waals surface area (Å²) in [7, 11) is 0. The van der Waals surface area contributed by atoms with Crippen molar-refractivity contribution in [1.82, 2.24) is 4.90 Å². The second-order valence-electron chi connectivity index (χ2n) is 7.75. The number of halogens is 4. The number of hydrogen-bond donors (Lipinski definition) is 0. The van der Waals surface area contributed by atoms with Gasteiger partial charge in [-0.15, -0.1) is 0 Å². The van der Waals surface area contributed by atoms with E-state index in [1.54, 1.807) is 41.3 Å². The number of hydrogen-bond acceptors (Lipinski definition) is 5. The first-order valence-electron chi connectivity index (χ1n) is 11.8. The molecule has 0 spiro atoms. The second-order valence-corrected chi connectivity index (χ2v) is 9.57. The first-order chi connectivity index (χ1) is 17.3. The molecule has 198 valence electrons. The number of nitrogens with zero attached hydrogens (tertiary/aromatic N) is 1. The van der Waals surface area contributed by atoms with Crippen LogP contribution in [0.3, 0.4) is 0 Å². The lowest BCUT2D eigenvalue weighted by Gasteiger charge is -2.20. The number of rotatable bonds is 15. The van der Waals surface area contributed by atoms with Crippen LogP contribution in [0.15, 0.2) is 47.0 Å². The minimum atomic E-state index is -0.330. The predicted molar refractivity (Wildman–Crippen MR) is 147 cm³/mol. The van der Waals surface area contributed by atoms with Crippen LogP contribution in [0, 0.1) is 0 Å². The van der Waals surface area contributed by atoms with E-state index >= 15 is 0 Å². The van der Waals surface area contributed by atoms with Crippen molar-refractivity contribution in [2.45, 2.75) is 39.5 Å². The molecule has 0 aliphatic heterocycles. The minimum absolute atomic E-state index is 0.121. The maximum Gasteiger partial charge on any atom is 0.415 e. The first-order valence-corrected chi connectivity index (χ1v) is 13.3. The van der Waals surface area contributed by atoms with Crippen LogP contribution in [0.2, 0.25) is 10.0 Å². The van der Waals surface area contributed by atoms with Crippen LogP contribution >= 0.6 is 46.4 Å². The van der Waals surface area contributed by atoms with Crippen molar-refractivity contribution in [3.8, 4) is 23.0 Å². The van der Waals surface area contributed by atoms with E-state index < -0.39 is 0 Å². The van der Waals surface area contributed by atoms with Crippen LogP contribution in [0.1, 0.15) is 39.5 Å². The van der Waals surface area contributed by atoms with E-state index in [9.17, 15) is 4.79 Å². The van der Waals surface area contributed by atoms with Crippen molar-refractivity contribution in [2.75, 3.05) is 32.9 Å². The van der Waals surface area contributed by atoms with E-state index in [1.807, 2.05) is 13.8 Å². The zero-order valence-corrected chi connectivity index (χ0v) is 23.4. The van der Waals surface area contributed by atoms with Crippen LogP contribution in [0.25, 0.3) is 0 Å². The minimum Gasteiger partial charge on any atom is -0.494 e. The largest absolute Gasteiger partial charge is 0.494 e. The summed E-state index contributed by atoms with van der Waals surface area (Å²) in [6, 6.07) is 10.3. The molecule has 10 heteroatoms. The van der Waals surface area contributed by atoms with Crippen molar-refractivity contribution in [2.24, 2.45) is 0 Å². The van der Waals surface area contributed by atoms with Gasteiger partial charge in [0.15, 0.2) is 5.75 Å². The monoisotopic (exact) mass is 577 g/mol. The molecule has 2 rings (SSSR count). The SMILES string of the molecule is CCCN(CCC)C(=O)Oc1ccc(OCCCCOc2c(Cl)cc(OCC=C(Cl)Cl)cc2Cl)cc1. The fourth-order valence-corrected chi connectivity index (χ4v) is 3.83. The number of unbranched alkanes of at least 4 members (excludes halogenated alkanes) is 1. The Hall–Kier alpha value is -1.99. The van der Waals surface area contributed by atoms with Crippen molar-refractivity contribution in [1.29, 1.82) is 0 Å². The molecule has 0 atom stereocenters. The third kappa shape index (κ3) is 11.0. The van der Waals surface area contributed by atoms with Gasteiger partial charge in [0, 0.05) is 25.2 Å². The molecule has 0 saturated heterocycles. The Labute approximate surface area is 232 Å². The number of ether oxygens (including phenoxy) is 4. The Morgan fingerprint density at radius 1 is 0.833 bits per heavy atom. The summed E-state index contributed by atoms with van der Waals surface area (Å²) in [5.41, 5.74) is 0. The molecule has 0 N–H and O–H groups in total. The van der Waals surface area contributed by atoms with Gasteiger partial charge in [0.25, 0.3) is 0 Å². The molecular formula is C26H31Cl4NO5. The molecule has 0 saturated carbocycles. The Kier molecular flexibility index (Phi) is 14.0. The summed E-state index contributed by atoms with van der Waals surface area (Å²) in [5.74, 6) is 2.07. The Balaban J connectivity index is 1.71. The standard InChI is InChI=1S/C26H31Cl4NO5/c1-3-12-31(13-4-2)26(32)36-20-9-7-19(8-10-20)33-14-5-6-15-35-25-22(27)17-21(18-23(25)28)34-16-11-24(29)30/h7-11,17-18H,3-6,12-16H2,1-2H3. The number of amides is 1. The summed E-state index contributed by atoms with van der Waals surface area (Å²) in [6.45, 7) is 6.55. The Morgan fingerprint density at radius 3 is 1.94 bits per heavy atom. The lowest BCUT2D eigenvalue weighted by molar-refractivity contribution is 0.152. The van der Waals surface area contributed by atoms with E-state index in [1.165, 1.54) is 6.08 Å². The summed E-state index contributed by atoms with van der Waals surface area (Å²) >= 11 is 23.7. The lowest BCUT2D eigenvalue weighted by atomic mass is 10.3. The number of benzene rings is 2. The summed E-state index contributed by atoms with van der Waals surface area (Å²) < 4.78 is 22.6. The fourth-order valence-electron chi connectivity index (χ4n) is 3.13. The second kappa shape index (κ2) is 16.7. The average Bonchev–Trinajstić information content (AvgIpc) is 2.83. The summed E-state index contributed by atoms with van der Waals surface area (Å²) in [4.78, 5) is 14.0. The van der Waals surface area contributed by atoms with E-state index in [0.29, 0.717) is 59.3 Å². The van der Waals surface area contributed by atoms with Gasteiger partial charge in [-0.25, -0.2) is 4.79 Å². The molecule has 0 aliphatic carbocycles. The van der Waals surface area contributed by atoms with Gasteiger partial charge in [-0.3, -0.25) is 0 Å². The van der Waals surface area contributed by atoms with Crippen molar-refractivity contribution >= 4 is 52.5 Å². The van der Waals surface area contributed by atoms with Crippen molar-refractivity contribution < 1.29 is 23.7 Å². The molecular weight excluding hydrogens is 548 g/mol. The molecule has 0 radical (unpaired) electrons. The normalized spacial score (nSPS) is 10.5. The topological polar surface area (TPSA) is 57.2 Å². The highest BCUT2D eigenvalue weighted by molar-refractivity contribution is 6.55. The molecule has 0 aromatic heterocycles. The zero-order valence-electron chi connectivity index (χ0n) is 20.4. The van der Waals surface area contributed by atoms with Gasteiger partial charge in [-0.2, -0.15) is 0 Å². The van der Waals surface area contributed by atoms with Crippen LogP contribution < -0.4 is 18.9 Å². The van der Waals surface area contributed by atoms with Crippen LogP contribution in [0.4, 0.5) is 4.79 Å². The maximum atomic E-state index is 12.3. The smallest absolute Gasteiger partial charge is 0.415 e. The fraction of sp³-hybridized carbons (Fsp3) is 0.423. The molecule has 0 fully saturated rings. The molecule has 0 heterocycles. The predicted octanol–water partition coefficient (Wildman–Crippen LogP) is 8.55. The summed E-state index contributed by atoms with van der Waals surface area (Å²) in [6.07, 6.45) is 4.46. The van der Waals surface area contributed by atoms with E-state index in [0.717, 1.165) is 25.7 Å². The number of carbonyl (C=O) groups excluding carboxylic acids is 1. The third-order valence-electron chi connectivity index (χ3n) is 4.79. The Morgan fingerprint density at radius 2 is 1.39 bits per heavy atom. The molecule has 36 heavy (non-hydrogen) atoms. The molecule has 0 unspecified atom stereocenters. The molecule has 2 aromatic rings. The average molecular weight is 579 g/mol. The quantitative estimate of drug-likeness (QED) is 0.198. The maximum absolute atomic E-state index is 12.3. The molecule has 0 bridgehead atoms. The van der Waals surface area contributed by atoms with Crippen molar-refractivity contribution in [3.63, 3.8) is 0 Å². The molecule has 2 aromatic carbocycles. The van der Waals surface area contributed by atoms with Crippen molar-refractivity contribution in [3.05, 3.63) is 57.0 Å². The van der Waals surface area contributed by atoms with Crippen LogP contribution in [-0.4, -0.2) is 43.9 Å². The van der Waals surface area contributed by atoms with Gasteiger partial charge in [0.05, 0.1) is 23.3 Å². The highest BCUT2D eigenvalue weighted by Gasteiger charge is 2.14. The van der Waals surface area contributed by atoms with Crippen LogP contribution in [-0.2, 0) is 0 Å². The van der Waals surface area contributed by atoms with E-state index in [2.05, 4.69) is 0 Å². The first kappa shape index (κ1) is 30.2. The molecule has 6 nitrogen and oxygen atoms in total.